The molecule has 0 aliphatic rings. The van der Waals surface area contributed by atoms with Crippen LogP contribution in [-0.4, -0.2) is 29.6 Å². The summed E-state index contributed by atoms with van der Waals surface area (Å²) in [5.41, 5.74) is 1.04. The Kier molecular flexibility index (Phi) is 10.4. The van der Waals surface area contributed by atoms with Crippen LogP contribution in [0, 0.1) is 0 Å². The van der Waals surface area contributed by atoms with Gasteiger partial charge in [0.05, 0.1) is 6.10 Å². The molecule has 0 saturated heterocycles. The van der Waals surface area contributed by atoms with E-state index in [1.165, 1.54) is 56.8 Å². The van der Waals surface area contributed by atoms with E-state index in [1.807, 2.05) is 0 Å². The Morgan fingerprint density at radius 3 is 2.00 bits per heavy atom. The second-order valence-corrected chi connectivity index (χ2v) is 8.47. The van der Waals surface area contributed by atoms with Crippen LogP contribution >= 0.6 is 15.9 Å². The number of rotatable bonds is 13. The van der Waals surface area contributed by atoms with E-state index in [9.17, 15) is 5.11 Å². The minimum absolute atomic E-state index is 0.444. The van der Waals surface area contributed by atoms with E-state index in [4.69, 9.17) is 0 Å². The molecule has 2 aromatic rings. The van der Waals surface area contributed by atoms with Gasteiger partial charge >= 0.3 is 0 Å². The number of hydrogen-bond acceptors (Lipinski definition) is 2. The zero-order valence-electron chi connectivity index (χ0n) is 17.1. The van der Waals surface area contributed by atoms with E-state index in [0.29, 0.717) is 0 Å². The molecule has 27 heavy (non-hydrogen) atoms. The predicted octanol–water partition coefficient (Wildman–Crippen LogP) is 7.10. The zero-order chi connectivity index (χ0) is 19.5. The first-order chi connectivity index (χ1) is 13.2. The Balaban J connectivity index is 2.04. The van der Waals surface area contributed by atoms with Gasteiger partial charge in [0, 0.05) is 11.0 Å². The number of halogens is 1. The number of hydrogen-bond donors (Lipinski definition) is 1. The van der Waals surface area contributed by atoms with Crippen LogP contribution in [0.5, 0.6) is 0 Å². The molecule has 1 atom stereocenters. The molecule has 0 aliphatic heterocycles. The smallest absolute Gasteiger partial charge is 0.0922 e. The Morgan fingerprint density at radius 1 is 0.815 bits per heavy atom. The number of aliphatic hydroxyl groups is 1. The molecule has 0 radical (unpaired) electrons. The molecule has 0 bridgehead atoms. The molecular formula is C24H36BrNO. The van der Waals surface area contributed by atoms with E-state index >= 15 is 0 Å². The van der Waals surface area contributed by atoms with Gasteiger partial charge in [0.1, 0.15) is 0 Å². The lowest BCUT2D eigenvalue weighted by atomic mass is 10.00. The van der Waals surface area contributed by atoms with Crippen molar-refractivity contribution in [1.82, 2.24) is 4.90 Å². The molecular weight excluding hydrogens is 398 g/mol. The normalized spacial score (nSPS) is 12.8. The van der Waals surface area contributed by atoms with Gasteiger partial charge in [0.2, 0.25) is 0 Å². The van der Waals surface area contributed by atoms with Gasteiger partial charge in [-0.25, -0.2) is 0 Å². The van der Waals surface area contributed by atoms with Crippen molar-refractivity contribution < 1.29 is 5.11 Å². The first kappa shape index (κ1) is 22.4. The van der Waals surface area contributed by atoms with E-state index in [-0.39, 0.29) is 0 Å². The van der Waals surface area contributed by atoms with Crippen LogP contribution in [0.15, 0.2) is 40.9 Å². The molecule has 0 fully saturated rings. The standard InChI is InChI=1S/C24H36BrNO/c1-3-5-7-11-17-26(18-12-8-6-4-2)19-24(27)22-15-16-23(25)21-14-10-9-13-20(21)22/h9-10,13-16,24,27H,3-8,11-12,17-19H2,1-2H3/t24-/m0/s1. The Bertz CT molecular complexity index is 660. The van der Waals surface area contributed by atoms with Gasteiger partial charge in [0.25, 0.3) is 0 Å². The van der Waals surface area contributed by atoms with E-state index in [2.05, 4.69) is 71.1 Å². The lowest BCUT2D eigenvalue weighted by Gasteiger charge is -2.26. The van der Waals surface area contributed by atoms with Crippen LogP contribution in [0.25, 0.3) is 10.8 Å². The van der Waals surface area contributed by atoms with Gasteiger partial charge in [-0.3, -0.25) is 0 Å². The summed E-state index contributed by atoms with van der Waals surface area (Å²) >= 11 is 3.64. The van der Waals surface area contributed by atoms with Crippen molar-refractivity contribution in [3.05, 3.63) is 46.4 Å². The van der Waals surface area contributed by atoms with Crippen molar-refractivity contribution >= 4 is 26.7 Å². The lowest BCUT2D eigenvalue weighted by molar-refractivity contribution is 0.111. The average molecular weight is 434 g/mol. The zero-order valence-corrected chi connectivity index (χ0v) is 18.7. The summed E-state index contributed by atoms with van der Waals surface area (Å²) in [6.45, 7) is 7.43. The number of benzene rings is 2. The number of fused-ring (bicyclic) bond motifs is 1. The largest absolute Gasteiger partial charge is 0.387 e. The maximum atomic E-state index is 11.0. The quantitative estimate of drug-likeness (QED) is 0.340. The van der Waals surface area contributed by atoms with Gasteiger partial charge in [-0.15, -0.1) is 0 Å². The molecule has 150 valence electrons. The van der Waals surface area contributed by atoms with Crippen LogP contribution in [0.3, 0.4) is 0 Å². The highest BCUT2D eigenvalue weighted by atomic mass is 79.9. The summed E-state index contributed by atoms with van der Waals surface area (Å²) in [5, 5.41) is 13.4. The topological polar surface area (TPSA) is 23.5 Å². The molecule has 2 rings (SSSR count). The predicted molar refractivity (Wildman–Crippen MR) is 121 cm³/mol. The van der Waals surface area contributed by atoms with Crippen LogP contribution in [0.2, 0.25) is 0 Å². The summed E-state index contributed by atoms with van der Waals surface area (Å²) in [6, 6.07) is 12.5. The number of unbranched alkanes of at least 4 members (excludes halogenated alkanes) is 6. The summed E-state index contributed by atoms with van der Waals surface area (Å²) in [7, 11) is 0. The molecule has 0 unspecified atom stereocenters. The van der Waals surface area contributed by atoms with Crippen LogP contribution in [0.1, 0.15) is 76.9 Å². The SMILES string of the molecule is CCCCCCN(CCCCCC)C[C@H](O)c1ccc(Br)c2ccccc12. The minimum Gasteiger partial charge on any atom is -0.387 e. The molecule has 1 N–H and O–H groups in total. The third-order valence-corrected chi connectivity index (χ3v) is 6.04. The van der Waals surface area contributed by atoms with E-state index in [1.54, 1.807) is 0 Å². The van der Waals surface area contributed by atoms with Crippen LogP contribution in [-0.2, 0) is 0 Å². The molecule has 0 amide bonds. The van der Waals surface area contributed by atoms with Crippen molar-refractivity contribution in [2.24, 2.45) is 0 Å². The highest BCUT2D eigenvalue weighted by Gasteiger charge is 2.16. The van der Waals surface area contributed by atoms with Crippen molar-refractivity contribution in [3.63, 3.8) is 0 Å². The number of nitrogens with zero attached hydrogens (tertiary/aromatic N) is 1. The average Bonchev–Trinajstić information content (AvgIpc) is 2.68. The van der Waals surface area contributed by atoms with Crippen molar-refractivity contribution in [1.29, 1.82) is 0 Å². The molecule has 0 heterocycles. The first-order valence-corrected chi connectivity index (χ1v) is 11.5. The van der Waals surface area contributed by atoms with Gasteiger partial charge in [-0.2, -0.15) is 0 Å². The second kappa shape index (κ2) is 12.5. The van der Waals surface area contributed by atoms with Gasteiger partial charge in [0.15, 0.2) is 0 Å². The molecule has 2 nitrogen and oxygen atoms in total. The Morgan fingerprint density at radius 2 is 1.41 bits per heavy atom. The summed E-state index contributed by atoms with van der Waals surface area (Å²) in [5.74, 6) is 0. The fourth-order valence-electron chi connectivity index (χ4n) is 3.74. The molecule has 2 aromatic carbocycles. The molecule has 0 spiro atoms. The van der Waals surface area contributed by atoms with Gasteiger partial charge < -0.3 is 10.0 Å². The second-order valence-electron chi connectivity index (χ2n) is 7.62. The monoisotopic (exact) mass is 433 g/mol. The third-order valence-electron chi connectivity index (χ3n) is 5.35. The first-order valence-electron chi connectivity index (χ1n) is 10.7. The number of aliphatic hydroxyl groups excluding tert-OH is 1. The van der Waals surface area contributed by atoms with Crippen LogP contribution < -0.4 is 0 Å². The highest BCUT2D eigenvalue weighted by Crippen LogP contribution is 2.30. The Hall–Kier alpha value is -0.900. The van der Waals surface area contributed by atoms with E-state index < -0.39 is 6.10 Å². The summed E-state index contributed by atoms with van der Waals surface area (Å²) in [4.78, 5) is 2.48. The maximum Gasteiger partial charge on any atom is 0.0922 e. The third kappa shape index (κ3) is 7.21. The Labute approximate surface area is 174 Å². The lowest BCUT2D eigenvalue weighted by Crippen LogP contribution is -2.31. The molecule has 0 saturated carbocycles. The van der Waals surface area contributed by atoms with Crippen LogP contribution in [0.4, 0.5) is 0 Å². The molecule has 3 heteroatoms. The van der Waals surface area contributed by atoms with Crippen molar-refractivity contribution in [2.75, 3.05) is 19.6 Å². The van der Waals surface area contributed by atoms with Crippen molar-refractivity contribution in [3.8, 4) is 0 Å². The molecule has 0 aromatic heterocycles. The van der Waals surface area contributed by atoms with Crippen molar-refractivity contribution in [2.45, 2.75) is 71.3 Å². The maximum absolute atomic E-state index is 11.0. The minimum atomic E-state index is -0.444. The van der Waals surface area contributed by atoms with Gasteiger partial charge in [-0.05, 0) is 48.3 Å². The molecule has 0 aliphatic carbocycles. The summed E-state index contributed by atoms with van der Waals surface area (Å²) in [6.07, 6.45) is 9.75. The van der Waals surface area contributed by atoms with Gasteiger partial charge in [-0.1, -0.05) is 98.6 Å². The fraction of sp³-hybridized carbons (Fsp3) is 0.583. The highest BCUT2D eigenvalue weighted by molar-refractivity contribution is 9.10. The van der Waals surface area contributed by atoms with E-state index in [0.717, 1.165) is 35.1 Å². The summed E-state index contributed by atoms with van der Waals surface area (Å²) < 4.78 is 1.09. The fourth-order valence-corrected chi connectivity index (χ4v) is 4.22.